The summed E-state index contributed by atoms with van der Waals surface area (Å²) in [5, 5.41) is 2.88. The molecule has 1 unspecified atom stereocenters. The number of rotatable bonds is 6. The van der Waals surface area contributed by atoms with Crippen LogP contribution in [0.25, 0.3) is 0 Å². The van der Waals surface area contributed by atoms with Crippen LogP contribution in [-0.4, -0.2) is 53.8 Å². The molecule has 3 heterocycles. The Morgan fingerprint density at radius 3 is 2.70 bits per heavy atom. The third kappa shape index (κ3) is 4.90. The first-order chi connectivity index (χ1) is 14.6. The van der Waals surface area contributed by atoms with Crippen LogP contribution in [0.3, 0.4) is 0 Å². The largest absolute Gasteiger partial charge is 0.472 e. The van der Waals surface area contributed by atoms with Gasteiger partial charge in [-0.05, 0) is 42.9 Å². The third-order valence-corrected chi connectivity index (χ3v) is 6.21. The van der Waals surface area contributed by atoms with Crippen LogP contribution in [0, 0.1) is 11.7 Å². The average molecular weight is 413 g/mol. The van der Waals surface area contributed by atoms with Gasteiger partial charge in [-0.3, -0.25) is 14.5 Å². The van der Waals surface area contributed by atoms with E-state index in [1.807, 2.05) is 28.0 Å². The Labute approximate surface area is 176 Å². The molecule has 0 aliphatic carbocycles. The highest BCUT2D eigenvalue weighted by Crippen LogP contribution is 2.24. The molecular formula is C23H28FN3O3. The molecular weight excluding hydrogens is 385 g/mol. The normalized spacial score (nSPS) is 20.9. The van der Waals surface area contributed by atoms with Crippen molar-refractivity contribution in [2.45, 2.75) is 38.3 Å². The minimum Gasteiger partial charge on any atom is -0.472 e. The maximum Gasteiger partial charge on any atom is 0.237 e. The van der Waals surface area contributed by atoms with Crippen molar-refractivity contribution >= 4 is 11.8 Å². The molecule has 6 nitrogen and oxygen atoms in total. The summed E-state index contributed by atoms with van der Waals surface area (Å²) in [6, 6.07) is 8.32. The van der Waals surface area contributed by atoms with Crippen LogP contribution in [0.1, 0.15) is 30.4 Å². The maximum atomic E-state index is 13.9. The first kappa shape index (κ1) is 20.6. The Kier molecular flexibility index (Phi) is 6.47. The second-order valence-corrected chi connectivity index (χ2v) is 8.23. The Bertz CT molecular complexity index is 862. The van der Waals surface area contributed by atoms with Gasteiger partial charge >= 0.3 is 0 Å². The molecule has 1 N–H and O–H groups in total. The zero-order chi connectivity index (χ0) is 20.9. The summed E-state index contributed by atoms with van der Waals surface area (Å²) in [6.45, 7) is 3.21. The van der Waals surface area contributed by atoms with Crippen molar-refractivity contribution in [1.29, 1.82) is 0 Å². The number of likely N-dealkylation sites (tertiary alicyclic amines) is 1. The van der Waals surface area contributed by atoms with Crippen LogP contribution in [0.15, 0.2) is 47.3 Å². The van der Waals surface area contributed by atoms with E-state index >= 15 is 0 Å². The fraction of sp³-hybridized carbons (Fsp3) is 0.478. The molecule has 1 aromatic heterocycles. The molecule has 1 aromatic carbocycles. The lowest BCUT2D eigenvalue weighted by Crippen LogP contribution is -2.56. The summed E-state index contributed by atoms with van der Waals surface area (Å²) in [7, 11) is 0. The topological polar surface area (TPSA) is 65.8 Å². The summed E-state index contributed by atoms with van der Waals surface area (Å²) < 4.78 is 19.0. The number of nitrogens with one attached hydrogen (secondary N) is 1. The van der Waals surface area contributed by atoms with E-state index in [1.54, 1.807) is 18.6 Å². The summed E-state index contributed by atoms with van der Waals surface area (Å²) in [5.74, 6) is 0.143. The van der Waals surface area contributed by atoms with E-state index in [9.17, 15) is 14.0 Å². The van der Waals surface area contributed by atoms with Gasteiger partial charge in [0.1, 0.15) is 5.82 Å². The van der Waals surface area contributed by atoms with Crippen LogP contribution >= 0.6 is 0 Å². The fourth-order valence-electron chi connectivity index (χ4n) is 4.45. The Morgan fingerprint density at radius 1 is 1.17 bits per heavy atom. The highest BCUT2D eigenvalue weighted by Gasteiger charge is 2.34. The molecule has 2 fully saturated rings. The molecule has 4 rings (SSSR count). The van der Waals surface area contributed by atoms with Gasteiger partial charge in [0.2, 0.25) is 11.8 Å². The molecule has 30 heavy (non-hydrogen) atoms. The molecule has 2 saturated heterocycles. The zero-order valence-electron chi connectivity index (χ0n) is 17.1. The van der Waals surface area contributed by atoms with Gasteiger partial charge in [-0.15, -0.1) is 0 Å². The monoisotopic (exact) mass is 413 g/mol. The van der Waals surface area contributed by atoms with Crippen molar-refractivity contribution in [3.05, 3.63) is 59.8 Å². The number of benzene rings is 1. The highest BCUT2D eigenvalue weighted by atomic mass is 19.1. The maximum absolute atomic E-state index is 13.9. The minimum atomic E-state index is -0.461. The first-order valence-corrected chi connectivity index (χ1v) is 10.6. The summed E-state index contributed by atoms with van der Waals surface area (Å²) >= 11 is 0. The van der Waals surface area contributed by atoms with Crippen LogP contribution in [0.5, 0.6) is 0 Å². The second kappa shape index (κ2) is 9.43. The number of carbonyl (C=O) groups excluding carboxylic acids is 2. The second-order valence-electron chi connectivity index (χ2n) is 8.23. The molecule has 0 radical (unpaired) electrons. The predicted octanol–water partition coefficient (Wildman–Crippen LogP) is 2.59. The lowest BCUT2D eigenvalue weighted by Gasteiger charge is -2.37. The molecule has 2 aromatic rings. The number of halogens is 1. The predicted molar refractivity (Wildman–Crippen MR) is 110 cm³/mol. The molecule has 0 bridgehead atoms. The van der Waals surface area contributed by atoms with E-state index in [1.165, 1.54) is 6.07 Å². The van der Waals surface area contributed by atoms with Crippen molar-refractivity contribution in [1.82, 2.24) is 15.1 Å². The van der Waals surface area contributed by atoms with E-state index in [4.69, 9.17) is 4.42 Å². The lowest BCUT2D eigenvalue weighted by atomic mass is 9.89. The summed E-state index contributed by atoms with van der Waals surface area (Å²) in [4.78, 5) is 29.3. The molecule has 2 aliphatic rings. The SMILES string of the molecule is O=C1NCCN(Cc2ccoc2)C1CC(=O)N1CCC(Cc2ccccc2F)CC1. The third-order valence-electron chi connectivity index (χ3n) is 6.21. The van der Waals surface area contributed by atoms with Gasteiger partial charge in [0.05, 0.1) is 25.0 Å². The molecule has 0 saturated carbocycles. The fourth-order valence-corrected chi connectivity index (χ4v) is 4.45. The number of piperazine rings is 1. The van der Waals surface area contributed by atoms with Crippen molar-refractivity contribution in [2.24, 2.45) is 5.92 Å². The number of piperidine rings is 1. The van der Waals surface area contributed by atoms with Gasteiger partial charge in [0, 0.05) is 38.3 Å². The number of nitrogens with zero attached hydrogens (tertiary/aromatic N) is 2. The van der Waals surface area contributed by atoms with Crippen LogP contribution in [0.4, 0.5) is 4.39 Å². The standard InChI is InChI=1S/C23H28FN3O3/c24-20-4-2-1-3-19(20)13-17-5-9-26(10-6-17)22(28)14-21-23(29)25-8-11-27(21)15-18-7-12-30-16-18/h1-4,7,12,16-17,21H,5-6,8-11,13-15H2,(H,25,29). The molecule has 7 heteroatoms. The molecule has 2 amide bonds. The van der Waals surface area contributed by atoms with Gasteiger partial charge in [0.15, 0.2) is 0 Å². The van der Waals surface area contributed by atoms with Crippen molar-refractivity contribution in [3.63, 3.8) is 0 Å². The van der Waals surface area contributed by atoms with E-state index in [0.717, 1.165) is 24.0 Å². The first-order valence-electron chi connectivity index (χ1n) is 10.6. The lowest BCUT2D eigenvalue weighted by molar-refractivity contribution is -0.140. The number of hydrogen-bond donors (Lipinski definition) is 1. The molecule has 160 valence electrons. The summed E-state index contributed by atoms with van der Waals surface area (Å²) in [6.07, 6.45) is 5.89. The van der Waals surface area contributed by atoms with Crippen LogP contribution in [-0.2, 0) is 22.6 Å². The quantitative estimate of drug-likeness (QED) is 0.791. The van der Waals surface area contributed by atoms with Crippen LogP contribution in [0.2, 0.25) is 0 Å². The Balaban J connectivity index is 1.31. The van der Waals surface area contributed by atoms with Crippen LogP contribution < -0.4 is 5.32 Å². The van der Waals surface area contributed by atoms with Gasteiger partial charge in [0.25, 0.3) is 0 Å². The van der Waals surface area contributed by atoms with Crippen molar-refractivity contribution in [3.8, 4) is 0 Å². The Morgan fingerprint density at radius 2 is 1.97 bits per heavy atom. The van der Waals surface area contributed by atoms with E-state index in [0.29, 0.717) is 45.1 Å². The van der Waals surface area contributed by atoms with Gasteiger partial charge < -0.3 is 14.6 Å². The molecule has 2 aliphatic heterocycles. The van der Waals surface area contributed by atoms with Gasteiger partial charge in [-0.1, -0.05) is 18.2 Å². The van der Waals surface area contributed by atoms with Gasteiger partial charge in [-0.25, -0.2) is 4.39 Å². The minimum absolute atomic E-state index is 0.0126. The van der Waals surface area contributed by atoms with Crippen molar-refractivity contribution in [2.75, 3.05) is 26.2 Å². The van der Waals surface area contributed by atoms with E-state index < -0.39 is 6.04 Å². The smallest absolute Gasteiger partial charge is 0.237 e. The summed E-state index contributed by atoms with van der Waals surface area (Å²) in [5.41, 5.74) is 1.74. The van der Waals surface area contributed by atoms with Crippen molar-refractivity contribution < 1.29 is 18.4 Å². The average Bonchev–Trinajstić information content (AvgIpc) is 3.26. The Hall–Kier alpha value is -2.67. The molecule has 0 spiro atoms. The highest BCUT2D eigenvalue weighted by molar-refractivity contribution is 5.88. The van der Waals surface area contributed by atoms with Gasteiger partial charge in [-0.2, -0.15) is 0 Å². The number of furan rings is 1. The molecule has 1 atom stereocenters. The number of carbonyl (C=O) groups is 2. The van der Waals surface area contributed by atoms with E-state index in [-0.39, 0.29) is 24.1 Å². The zero-order valence-corrected chi connectivity index (χ0v) is 17.1. The number of amides is 2. The number of hydrogen-bond acceptors (Lipinski definition) is 4. The van der Waals surface area contributed by atoms with E-state index in [2.05, 4.69) is 5.32 Å².